The highest BCUT2D eigenvalue weighted by molar-refractivity contribution is 6.30. The third kappa shape index (κ3) is 4.56. The molecule has 0 amide bonds. The highest BCUT2D eigenvalue weighted by atomic mass is 35.5. The Hall–Kier alpha value is -3.82. The number of imidazole rings is 1. The van der Waals surface area contributed by atoms with Gasteiger partial charge in [-0.1, -0.05) is 29.8 Å². The summed E-state index contributed by atoms with van der Waals surface area (Å²) in [6.07, 6.45) is -0.175. The molecular weight excluding hydrogens is 494 g/mol. The lowest BCUT2D eigenvalue weighted by atomic mass is 10.1. The topological polar surface area (TPSA) is 93.0 Å². The molecule has 2 aliphatic rings. The first-order valence-electron chi connectivity index (χ1n) is 12.2. The second kappa shape index (κ2) is 9.57. The summed E-state index contributed by atoms with van der Waals surface area (Å²) in [5.74, 6) is 1.36. The lowest BCUT2D eigenvalue weighted by molar-refractivity contribution is 0.0691. The number of nitrogens with zero attached hydrogens (tertiary/aromatic N) is 5. The number of carbonyl (C=O) groups is 1. The highest BCUT2D eigenvalue weighted by Crippen LogP contribution is 2.43. The molecule has 0 spiro atoms. The fraction of sp³-hybridized carbons (Fsp3) is 0.296. The quantitative estimate of drug-likeness (QED) is 0.420. The van der Waals surface area contributed by atoms with Crippen LogP contribution in [-0.4, -0.2) is 63.3 Å². The van der Waals surface area contributed by atoms with Crippen molar-refractivity contribution in [1.82, 2.24) is 19.4 Å². The molecule has 4 heterocycles. The molecular formula is C27H26ClN5O4. The van der Waals surface area contributed by atoms with Crippen molar-refractivity contribution in [3.63, 3.8) is 0 Å². The van der Waals surface area contributed by atoms with Crippen LogP contribution in [0.25, 0.3) is 11.2 Å². The van der Waals surface area contributed by atoms with Gasteiger partial charge in [0.25, 0.3) is 0 Å². The summed E-state index contributed by atoms with van der Waals surface area (Å²) in [7, 11) is 1.88. The Morgan fingerprint density at radius 2 is 1.84 bits per heavy atom. The summed E-state index contributed by atoms with van der Waals surface area (Å²) >= 11 is 6.03. The van der Waals surface area contributed by atoms with Crippen molar-refractivity contribution in [2.75, 3.05) is 37.7 Å². The van der Waals surface area contributed by atoms with Gasteiger partial charge in [0, 0.05) is 38.2 Å². The predicted molar refractivity (Wildman–Crippen MR) is 140 cm³/mol. The molecule has 2 aromatic heterocycles. The van der Waals surface area contributed by atoms with Gasteiger partial charge in [-0.15, -0.1) is 0 Å². The van der Waals surface area contributed by atoms with E-state index in [-0.39, 0.29) is 11.8 Å². The maximum absolute atomic E-state index is 11.3. The van der Waals surface area contributed by atoms with Crippen molar-refractivity contribution in [1.29, 1.82) is 0 Å². The largest absolute Gasteiger partial charge is 0.483 e. The first-order chi connectivity index (χ1) is 18.0. The van der Waals surface area contributed by atoms with E-state index in [0.29, 0.717) is 29.3 Å². The minimum absolute atomic E-state index is 0.0209. The molecule has 2 aliphatic heterocycles. The number of halogens is 1. The van der Waals surface area contributed by atoms with Gasteiger partial charge in [-0.3, -0.25) is 4.90 Å². The zero-order valence-electron chi connectivity index (χ0n) is 20.3. The van der Waals surface area contributed by atoms with E-state index in [1.807, 2.05) is 48.0 Å². The molecule has 9 nitrogen and oxygen atoms in total. The van der Waals surface area contributed by atoms with Crippen LogP contribution in [0, 0.1) is 0 Å². The van der Waals surface area contributed by atoms with Crippen LogP contribution in [-0.2, 0) is 13.6 Å². The smallest absolute Gasteiger partial charge is 0.354 e. The Kier molecular flexibility index (Phi) is 6.10. The van der Waals surface area contributed by atoms with Gasteiger partial charge < -0.3 is 24.0 Å². The molecule has 0 saturated carbocycles. The van der Waals surface area contributed by atoms with E-state index < -0.39 is 5.97 Å². The van der Waals surface area contributed by atoms with E-state index in [1.165, 1.54) is 6.07 Å². The third-order valence-electron chi connectivity index (χ3n) is 6.95. The zero-order chi connectivity index (χ0) is 25.5. The lowest BCUT2D eigenvalue weighted by Crippen LogP contribution is -2.46. The van der Waals surface area contributed by atoms with Crippen LogP contribution < -0.4 is 14.4 Å². The zero-order valence-corrected chi connectivity index (χ0v) is 21.1. The lowest BCUT2D eigenvalue weighted by Gasteiger charge is -2.38. The summed E-state index contributed by atoms with van der Waals surface area (Å²) in [5.41, 5.74) is 3.38. The fourth-order valence-electron chi connectivity index (χ4n) is 4.90. The fourth-order valence-corrected chi connectivity index (χ4v) is 5.02. The molecule has 0 bridgehead atoms. The second-order valence-corrected chi connectivity index (χ2v) is 9.70. The number of ether oxygens (including phenoxy) is 2. The monoisotopic (exact) mass is 519 g/mol. The molecule has 1 unspecified atom stereocenters. The summed E-state index contributed by atoms with van der Waals surface area (Å²) in [4.78, 5) is 24.9. The molecule has 190 valence electrons. The molecule has 37 heavy (non-hydrogen) atoms. The Bertz CT molecular complexity index is 1460. The normalized spacial score (nSPS) is 17.8. The predicted octanol–water partition coefficient (Wildman–Crippen LogP) is 4.15. The number of hydrogen-bond donors (Lipinski definition) is 1. The van der Waals surface area contributed by atoms with E-state index in [9.17, 15) is 9.90 Å². The number of rotatable bonds is 5. The molecule has 6 rings (SSSR count). The number of anilines is 1. The minimum atomic E-state index is -1.04. The van der Waals surface area contributed by atoms with Gasteiger partial charge in [-0.2, -0.15) is 0 Å². The van der Waals surface area contributed by atoms with E-state index in [0.717, 1.165) is 54.8 Å². The van der Waals surface area contributed by atoms with Gasteiger partial charge in [0.2, 0.25) is 0 Å². The van der Waals surface area contributed by atoms with Gasteiger partial charge >= 0.3 is 5.97 Å². The van der Waals surface area contributed by atoms with E-state index >= 15 is 0 Å². The number of aryl methyl sites for hydroxylation is 1. The Balaban J connectivity index is 1.13. The molecule has 0 radical (unpaired) electrons. The number of piperazine rings is 1. The third-order valence-corrected chi connectivity index (χ3v) is 7.21. The average Bonchev–Trinajstić information content (AvgIpc) is 3.23. The van der Waals surface area contributed by atoms with Crippen LogP contribution in [0.4, 0.5) is 5.69 Å². The van der Waals surface area contributed by atoms with Crippen LogP contribution in [0.15, 0.2) is 54.6 Å². The number of carboxylic acid groups (broad SMARTS) is 1. The summed E-state index contributed by atoms with van der Waals surface area (Å²) in [5, 5.41) is 9.94. The van der Waals surface area contributed by atoms with Crippen molar-refractivity contribution in [2.24, 2.45) is 7.05 Å². The minimum Gasteiger partial charge on any atom is -0.483 e. The molecule has 1 saturated heterocycles. The highest BCUT2D eigenvalue weighted by Gasteiger charge is 2.28. The van der Waals surface area contributed by atoms with Crippen molar-refractivity contribution >= 4 is 34.4 Å². The van der Waals surface area contributed by atoms with Crippen LogP contribution in [0.3, 0.4) is 0 Å². The SMILES string of the molecule is Cn1c(CN2CCN(c3cccc4c3OCC(c3ccc(Cl)cc3)O4)CC2)nc2ccc(C(=O)O)nc21. The number of fused-ring (bicyclic) bond motifs is 2. The summed E-state index contributed by atoms with van der Waals surface area (Å²) < 4.78 is 14.4. The van der Waals surface area contributed by atoms with Crippen LogP contribution in [0.5, 0.6) is 11.5 Å². The van der Waals surface area contributed by atoms with Gasteiger partial charge in [-0.05, 0) is 42.0 Å². The van der Waals surface area contributed by atoms with Gasteiger partial charge in [0.15, 0.2) is 28.9 Å². The Morgan fingerprint density at radius 1 is 1.05 bits per heavy atom. The van der Waals surface area contributed by atoms with Crippen molar-refractivity contribution in [3.8, 4) is 11.5 Å². The van der Waals surface area contributed by atoms with Crippen molar-refractivity contribution < 1.29 is 19.4 Å². The number of pyridine rings is 1. The van der Waals surface area contributed by atoms with Gasteiger partial charge in [0.1, 0.15) is 17.9 Å². The number of aromatic carboxylic acids is 1. The first-order valence-corrected chi connectivity index (χ1v) is 12.5. The Morgan fingerprint density at radius 3 is 2.59 bits per heavy atom. The summed E-state index contributed by atoms with van der Waals surface area (Å²) in [6, 6.07) is 16.9. The van der Waals surface area contributed by atoms with E-state index in [4.69, 9.17) is 21.1 Å². The van der Waals surface area contributed by atoms with Gasteiger partial charge in [0.05, 0.1) is 12.2 Å². The number of benzene rings is 2. The van der Waals surface area contributed by atoms with Crippen LogP contribution >= 0.6 is 11.6 Å². The molecule has 0 aliphatic carbocycles. The van der Waals surface area contributed by atoms with E-state index in [2.05, 4.69) is 25.8 Å². The van der Waals surface area contributed by atoms with Crippen molar-refractivity contribution in [3.05, 3.63) is 76.7 Å². The average molecular weight is 520 g/mol. The maximum atomic E-state index is 11.3. The second-order valence-electron chi connectivity index (χ2n) is 9.27. The van der Waals surface area contributed by atoms with Gasteiger partial charge in [-0.25, -0.2) is 14.8 Å². The molecule has 1 N–H and O–H groups in total. The number of carboxylic acids is 1. The molecule has 4 aromatic rings. The summed E-state index contributed by atoms with van der Waals surface area (Å²) in [6.45, 7) is 4.50. The van der Waals surface area contributed by atoms with E-state index in [1.54, 1.807) is 6.07 Å². The first kappa shape index (κ1) is 23.6. The maximum Gasteiger partial charge on any atom is 0.354 e. The Labute approximate surface area is 218 Å². The molecule has 1 fully saturated rings. The molecule has 10 heteroatoms. The number of aromatic nitrogens is 3. The standard InChI is InChI=1S/C27H26ClN5O4/c1-31-24(29-19-9-10-20(27(34)35)30-26(19)31)15-32-11-13-33(14-12-32)21-3-2-4-22-25(21)36-16-23(37-22)17-5-7-18(28)8-6-17/h2-10,23H,11-16H2,1H3,(H,34,35). The van der Waals surface area contributed by atoms with Crippen molar-refractivity contribution in [2.45, 2.75) is 12.6 Å². The molecule has 2 aromatic carbocycles. The van der Waals surface area contributed by atoms with Crippen LogP contribution in [0.2, 0.25) is 5.02 Å². The van der Waals surface area contributed by atoms with Crippen LogP contribution in [0.1, 0.15) is 28.0 Å². The number of hydrogen-bond acceptors (Lipinski definition) is 7. The molecule has 1 atom stereocenters. The number of para-hydroxylation sites is 1.